The Bertz CT molecular complexity index is 1550. The monoisotopic (exact) mass is 574 g/mol. The van der Waals surface area contributed by atoms with Gasteiger partial charge in [0.15, 0.2) is 0 Å². The molecular formula is C37H34O6. The maximum atomic E-state index is 11.1. The summed E-state index contributed by atoms with van der Waals surface area (Å²) in [6, 6.07) is 21.1. The largest absolute Gasteiger partial charge is 0.481 e. The van der Waals surface area contributed by atoms with Crippen LogP contribution in [0.3, 0.4) is 0 Å². The molecule has 0 saturated carbocycles. The van der Waals surface area contributed by atoms with Crippen molar-refractivity contribution in [2.45, 2.75) is 32.6 Å². The first kappa shape index (κ1) is 30.7. The van der Waals surface area contributed by atoms with Crippen LogP contribution in [0.25, 0.3) is 30.4 Å². The molecule has 3 aromatic rings. The van der Waals surface area contributed by atoms with E-state index >= 15 is 0 Å². The van der Waals surface area contributed by atoms with E-state index in [4.69, 9.17) is 15.3 Å². The molecule has 1 atom stereocenters. The van der Waals surface area contributed by atoms with E-state index in [1.807, 2.05) is 85.0 Å². The van der Waals surface area contributed by atoms with Crippen LogP contribution in [0.2, 0.25) is 0 Å². The predicted octanol–water partition coefficient (Wildman–Crippen LogP) is 7.66. The van der Waals surface area contributed by atoms with Gasteiger partial charge in [0.05, 0.1) is 19.3 Å². The van der Waals surface area contributed by atoms with Crippen LogP contribution in [0.4, 0.5) is 0 Å². The summed E-state index contributed by atoms with van der Waals surface area (Å²) < 4.78 is 0. The van der Waals surface area contributed by atoms with E-state index in [1.54, 1.807) is 0 Å². The Hall–Kier alpha value is -5.23. The third kappa shape index (κ3) is 9.97. The molecule has 0 aromatic heterocycles. The molecular weight excluding hydrogens is 540 g/mol. The van der Waals surface area contributed by atoms with Gasteiger partial charge in [-0.05, 0) is 75.1 Å². The van der Waals surface area contributed by atoms with Gasteiger partial charge in [0.2, 0.25) is 0 Å². The fraction of sp³-hybridized carbons (Fsp3) is 0.162. The molecule has 3 N–H and O–H groups in total. The Morgan fingerprint density at radius 1 is 0.581 bits per heavy atom. The molecule has 0 fully saturated rings. The van der Waals surface area contributed by atoms with Gasteiger partial charge in [0.25, 0.3) is 0 Å². The first-order valence-corrected chi connectivity index (χ1v) is 14.0. The molecule has 43 heavy (non-hydrogen) atoms. The van der Waals surface area contributed by atoms with E-state index in [0.717, 1.165) is 56.5 Å². The Balaban J connectivity index is 1.60. The van der Waals surface area contributed by atoms with Crippen molar-refractivity contribution in [3.8, 4) is 0 Å². The van der Waals surface area contributed by atoms with Crippen LogP contribution in [0.15, 0.2) is 96.1 Å². The quantitative estimate of drug-likeness (QED) is 0.192. The van der Waals surface area contributed by atoms with Gasteiger partial charge < -0.3 is 15.3 Å². The highest BCUT2D eigenvalue weighted by Crippen LogP contribution is 2.28. The molecule has 6 heteroatoms. The van der Waals surface area contributed by atoms with Gasteiger partial charge in [-0.2, -0.15) is 0 Å². The van der Waals surface area contributed by atoms with Crippen molar-refractivity contribution < 1.29 is 29.7 Å². The van der Waals surface area contributed by atoms with Crippen molar-refractivity contribution in [3.05, 3.63) is 135 Å². The second-order valence-corrected chi connectivity index (χ2v) is 10.7. The van der Waals surface area contributed by atoms with Crippen LogP contribution in [0.1, 0.15) is 58.7 Å². The summed E-state index contributed by atoms with van der Waals surface area (Å²) in [4.78, 5) is 33.0. The van der Waals surface area contributed by atoms with Crippen LogP contribution >= 0.6 is 0 Å². The van der Waals surface area contributed by atoms with Crippen molar-refractivity contribution in [2.24, 2.45) is 5.92 Å². The number of carboxylic acid groups (broad SMARTS) is 3. The Morgan fingerprint density at radius 3 is 1.37 bits per heavy atom. The Morgan fingerprint density at radius 2 is 0.977 bits per heavy atom. The third-order valence-corrected chi connectivity index (χ3v) is 7.10. The lowest BCUT2D eigenvalue weighted by Crippen LogP contribution is -2.07. The number of hydrogen-bond donors (Lipinski definition) is 3. The number of aliphatic carboxylic acids is 3. The van der Waals surface area contributed by atoms with E-state index < -0.39 is 17.9 Å². The summed E-state index contributed by atoms with van der Waals surface area (Å²) in [5.41, 5.74) is 8.44. The average molecular weight is 575 g/mol. The van der Waals surface area contributed by atoms with Gasteiger partial charge in [-0.1, -0.05) is 110 Å². The summed E-state index contributed by atoms with van der Waals surface area (Å²) in [5, 5.41) is 27.1. The summed E-state index contributed by atoms with van der Waals surface area (Å²) in [5.74, 6) is -2.32. The highest BCUT2D eigenvalue weighted by Gasteiger charge is 2.15. The molecule has 218 valence electrons. The zero-order valence-corrected chi connectivity index (χ0v) is 23.9. The lowest BCUT2D eigenvalue weighted by Gasteiger charge is -2.18. The fourth-order valence-electron chi connectivity index (χ4n) is 4.91. The lowest BCUT2D eigenvalue weighted by molar-refractivity contribution is -0.137. The van der Waals surface area contributed by atoms with E-state index in [9.17, 15) is 14.4 Å². The SMILES string of the molecule is CC1CC(CC(=O)O)=CC=C1/C=C/c1cc(/C=C/c2ccc(CC(=O)O)cc2)cc(/C=C/c2ccc(CC(=O)O)cc2)c1. The van der Waals surface area contributed by atoms with E-state index in [0.29, 0.717) is 0 Å². The van der Waals surface area contributed by atoms with Gasteiger partial charge in [0, 0.05) is 0 Å². The van der Waals surface area contributed by atoms with Gasteiger partial charge in [-0.15, -0.1) is 0 Å². The molecule has 0 aliphatic heterocycles. The van der Waals surface area contributed by atoms with Gasteiger partial charge in [0.1, 0.15) is 0 Å². The molecule has 0 amide bonds. The number of hydrogen-bond acceptors (Lipinski definition) is 3. The van der Waals surface area contributed by atoms with Crippen molar-refractivity contribution in [2.75, 3.05) is 0 Å². The second kappa shape index (κ2) is 14.6. The van der Waals surface area contributed by atoms with Gasteiger partial charge in [-0.3, -0.25) is 14.4 Å². The molecule has 0 radical (unpaired) electrons. The Labute approximate surface area is 251 Å². The van der Waals surface area contributed by atoms with E-state index in [2.05, 4.69) is 37.3 Å². The highest BCUT2D eigenvalue weighted by atomic mass is 16.4. The third-order valence-electron chi connectivity index (χ3n) is 7.10. The van der Waals surface area contributed by atoms with Crippen LogP contribution < -0.4 is 0 Å². The molecule has 1 aliphatic rings. The molecule has 0 bridgehead atoms. The smallest absolute Gasteiger partial charge is 0.307 e. The zero-order chi connectivity index (χ0) is 30.8. The van der Waals surface area contributed by atoms with Crippen molar-refractivity contribution in [3.63, 3.8) is 0 Å². The molecule has 1 aliphatic carbocycles. The maximum Gasteiger partial charge on any atom is 0.307 e. The van der Waals surface area contributed by atoms with Crippen molar-refractivity contribution in [1.82, 2.24) is 0 Å². The average Bonchev–Trinajstić information content (AvgIpc) is 2.95. The second-order valence-electron chi connectivity index (χ2n) is 10.7. The minimum absolute atomic E-state index is 0.0118. The summed E-state index contributed by atoms with van der Waals surface area (Å²) in [7, 11) is 0. The minimum atomic E-state index is -0.861. The number of benzene rings is 3. The Kier molecular flexibility index (Phi) is 10.4. The minimum Gasteiger partial charge on any atom is -0.481 e. The van der Waals surface area contributed by atoms with Crippen LogP contribution in [-0.4, -0.2) is 33.2 Å². The number of allylic oxidation sites excluding steroid dienone is 4. The molecule has 0 spiro atoms. The summed E-state index contributed by atoms with van der Waals surface area (Å²) in [6.07, 6.45) is 16.8. The predicted molar refractivity (Wildman–Crippen MR) is 171 cm³/mol. The van der Waals surface area contributed by atoms with Gasteiger partial charge in [-0.25, -0.2) is 0 Å². The first-order valence-electron chi connectivity index (χ1n) is 14.0. The molecule has 1 unspecified atom stereocenters. The van der Waals surface area contributed by atoms with Gasteiger partial charge >= 0.3 is 17.9 Å². The van der Waals surface area contributed by atoms with Crippen LogP contribution in [0.5, 0.6) is 0 Å². The fourth-order valence-corrected chi connectivity index (χ4v) is 4.91. The standard InChI is InChI=1S/C37H34O6/c1-25-18-30(24-37(42)43)14-16-34(25)17-15-33-20-31(12-6-26-2-8-28(9-3-26)22-35(38)39)19-32(21-33)13-7-27-4-10-29(11-5-27)23-36(40)41/h2-17,19-21,25H,18,22-24H2,1H3,(H,38,39)(H,40,41)(H,42,43)/b12-6+,13-7+,17-15+. The molecule has 0 saturated heterocycles. The van der Waals surface area contributed by atoms with Crippen LogP contribution in [-0.2, 0) is 27.2 Å². The number of rotatable bonds is 12. The zero-order valence-electron chi connectivity index (χ0n) is 23.9. The first-order chi connectivity index (χ1) is 20.6. The molecule has 0 heterocycles. The van der Waals surface area contributed by atoms with Crippen molar-refractivity contribution in [1.29, 1.82) is 0 Å². The van der Waals surface area contributed by atoms with E-state index in [1.165, 1.54) is 0 Å². The summed E-state index contributed by atoms with van der Waals surface area (Å²) >= 11 is 0. The van der Waals surface area contributed by atoms with E-state index in [-0.39, 0.29) is 25.2 Å². The van der Waals surface area contributed by atoms with Crippen LogP contribution in [0, 0.1) is 5.92 Å². The maximum absolute atomic E-state index is 11.1. The number of carboxylic acids is 3. The number of carbonyl (C=O) groups is 3. The lowest BCUT2D eigenvalue weighted by atomic mass is 9.87. The topological polar surface area (TPSA) is 112 Å². The normalized spacial score (nSPS) is 15.1. The molecule has 6 nitrogen and oxygen atoms in total. The summed E-state index contributed by atoms with van der Waals surface area (Å²) in [6.45, 7) is 2.10. The molecule has 4 rings (SSSR count). The highest BCUT2D eigenvalue weighted by molar-refractivity contribution is 5.77. The molecule has 3 aromatic carbocycles. The van der Waals surface area contributed by atoms with Crippen molar-refractivity contribution >= 4 is 48.3 Å².